The molecule has 0 unspecified atom stereocenters. The van der Waals surface area contributed by atoms with E-state index in [0.29, 0.717) is 24.9 Å². The average Bonchev–Trinajstić information content (AvgIpc) is 3.58. The molecule has 0 aliphatic carbocycles. The maximum atomic E-state index is 14.5. The van der Waals surface area contributed by atoms with Gasteiger partial charge in [-0.25, -0.2) is 0 Å². The van der Waals surface area contributed by atoms with Gasteiger partial charge in [-0.1, -0.05) is 66.7 Å². The highest BCUT2D eigenvalue weighted by Gasteiger charge is 2.75. The Bertz CT molecular complexity index is 1190. The van der Waals surface area contributed by atoms with Crippen molar-refractivity contribution in [2.75, 3.05) is 19.8 Å². The Balaban J connectivity index is 1.60. The number of ether oxygens (including phenoxy) is 2. The predicted octanol–water partition coefficient (Wildman–Crippen LogP) is 2.87. The molecule has 3 fully saturated rings. The van der Waals surface area contributed by atoms with Gasteiger partial charge in [0, 0.05) is 13.1 Å². The highest BCUT2D eigenvalue weighted by molar-refractivity contribution is 5.98. The number of benzene rings is 2. The molecular weight excluding hydrogens is 484 g/mol. The molecule has 0 radical (unpaired) electrons. The number of carbonyl (C=O) groups is 3. The monoisotopic (exact) mass is 518 g/mol. The zero-order valence-electron chi connectivity index (χ0n) is 21.6. The van der Waals surface area contributed by atoms with Crippen LogP contribution in [0, 0.1) is 11.8 Å². The summed E-state index contributed by atoms with van der Waals surface area (Å²) in [5.74, 6) is -2.75. The lowest BCUT2D eigenvalue weighted by atomic mass is 9.70. The number of aliphatic hydroxyl groups is 1. The van der Waals surface area contributed by atoms with Crippen molar-refractivity contribution in [3.63, 3.8) is 0 Å². The Labute approximate surface area is 222 Å². The number of hydrogen-bond donors (Lipinski definition) is 1. The van der Waals surface area contributed by atoms with E-state index in [9.17, 15) is 19.5 Å². The zero-order chi connectivity index (χ0) is 26.9. The van der Waals surface area contributed by atoms with Crippen LogP contribution in [0.4, 0.5) is 0 Å². The molecule has 0 aromatic heterocycles. The maximum absolute atomic E-state index is 14.5. The Morgan fingerprint density at radius 1 is 1.21 bits per heavy atom. The van der Waals surface area contributed by atoms with Gasteiger partial charge in [-0.15, -0.1) is 6.58 Å². The van der Waals surface area contributed by atoms with E-state index in [1.54, 1.807) is 17.9 Å². The van der Waals surface area contributed by atoms with Crippen LogP contribution >= 0.6 is 0 Å². The van der Waals surface area contributed by atoms with Crippen LogP contribution in [0.25, 0.3) is 0 Å². The predicted molar refractivity (Wildman–Crippen MR) is 139 cm³/mol. The minimum absolute atomic E-state index is 0.190. The second kappa shape index (κ2) is 10.7. The number of fused-ring (bicyclic) bond motifs is 1. The van der Waals surface area contributed by atoms with Crippen molar-refractivity contribution < 1.29 is 29.0 Å². The fourth-order valence-electron chi connectivity index (χ4n) is 6.61. The van der Waals surface area contributed by atoms with Crippen LogP contribution in [-0.4, -0.2) is 70.2 Å². The van der Waals surface area contributed by atoms with Crippen molar-refractivity contribution in [1.29, 1.82) is 0 Å². The number of esters is 1. The van der Waals surface area contributed by atoms with Gasteiger partial charge in [-0.05, 0) is 30.9 Å². The van der Waals surface area contributed by atoms with E-state index < -0.39 is 41.6 Å². The fraction of sp³-hybridized carbons (Fsp3) is 0.433. The summed E-state index contributed by atoms with van der Waals surface area (Å²) in [6, 6.07) is 17.0. The number of nitrogens with zero attached hydrogens (tertiary/aromatic N) is 2. The number of rotatable bonds is 10. The van der Waals surface area contributed by atoms with Gasteiger partial charge in [0.25, 0.3) is 0 Å². The summed E-state index contributed by atoms with van der Waals surface area (Å²) in [5, 5.41) is 10.6. The van der Waals surface area contributed by atoms with Gasteiger partial charge < -0.3 is 24.4 Å². The van der Waals surface area contributed by atoms with Crippen molar-refractivity contribution in [1.82, 2.24) is 9.80 Å². The molecule has 2 bridgehead atoms. The summed E-state index contributed by atoms with van der Waals surface area (Å²) in [5.41, 5.74) is 0.475. The van der Waals surface area contributed by atoms with Gasteiger partial charge in [-0.2, -0.15) is 0 Å². The highest BCUT2D eigenvalue weighted by Crippen LogP contribution is 2.60. The molecule has 8 heteroatoms. The van der Waals surface area contributed by atoms with E-state index in [1.165, 1.54) is 4.90 Å². The van der Waals surface area contributed by atoms with E-state index in [4.69, 9.17) is 9.47 Å². The summed E-state index contributed by atoms with van der Waals surface area (Å²) in [7, 11) is 0. The molecule has 200 valence electrons. The molecule has 3 heterocycles. The Kier molecular flexibility index (Phi) is 7.36. The topological polar surface area (TPSA) is 96.4 Å². The molecule has 2 amide bonds. The first kappa shape index (κ1) is 26.1. The van der Waals surface area contributed by atoms with E-state index in [-0.39, 0.29) is 31.6 Å². The first-order chi connectivity index (χ1) is 18.5. The molecule has 3 aliphatic heterocycles. The van der Waals surface area contributed by atoms with E-state index in [2.05, 4.69) is 6.58 Å². The van der Waals surface area contributed by atoms with Crippen molar-refractivity contribution in [3.8, 4) is 0 Å². The Morgan fingerprint density at radius 3 is 2.53 bits per heavy atom. The number of carbonyl (C=O) groups excluding carboxylic acids is 3. The van der Waals surface area contributed by atoms with Crippen LogP contribution in [0.2, 0.25) is 0 Å². The largest absolute Gasteiger partial charge is 0.466 e. The minimum atomic E-state index is -1.17. The summed E-state index contributed by atoms with van der Waals surface area (Å²) in [6.45, 7) is 5.98. The molecule has 38 heavy (non-hydrogen) atoms. The third kappa shape index (κ3) is 4.22. The number of aliphatic hydroxyl groups excluding tert-OH is 1. The molecule has 8 nitrogen and oxygen atoms in total. The standard InChI is InChI=1S/C30H34N2O6/c1-3-17-31(18-20-11-7-5-8-12-20)28(35)26-30-16-15-23(38-30)24(29(36)37-4-2)25(30)27(34)32(26)22(19-33)21-13-9-6-10-14-21/h3,5-14,22-26,33H,1,4,15-19H2,2H3/t22-,23-,24+,25+,26-,30+/m1/s1. The SMILES string of the molecule is C=CCN(Cc1ccccc1)C(=O)[C@H]1N([C@H](CO)c2ccccc2)C(=O)[C@@H]2[C@@H](C(=O)OCC)[C@H]3CC[C@]21O3. The second-order valence-electron chi connectivity index (χ2n) is 10.2. The third-order valence-corrected chi connectivity index (χ3v) is 8.10. The lowest BCUT2D eigenvalue weighted by molar-refractivity contribution is -0.156. The van der Waals surface area contributed by atoms with Gasteiger partial charge in [-0.3, -0.25) is 14.4 Å². The lowest BCUT2D eigenvalue weighted by Gasteiger charge is -2.39. The van der Waals surface area contributed by atoms with Crippen LogP contribution in [-0.2, 0) is 30.4 Å². The molecule has 5 rings (SSSR count). The smallest absolute Gasteiger partial charge is 0.312 e. The van der Waals surface area contributed by atoms with E-state index >= 15 is 0 Å². The first-order valence-corrected chi connectivity index (χ1v) is 13.2. The third-order valence-electron chi connectivity index (χ3n) is 8.10. The Hall–Kier alpha value is -3.49. The molecule has 6 atom stereocenters. The molecule has 2 aromatic rings. The summed E-state index contributed by atoms with van der Waals surface area (Å²) in [4.78, 5) is 44.9. The fourth-order valence-corrected chi connectivity index (χ4v) is 6.61. The molecule has 3 aliphatic rings. The average molecular weight is 519 g/mol. The minimum Gasteiger partial charge on any atom is -0.466 e. The van der Waals surface area contributed by atoms with Gasteiger partial charge >= 0.3 is 5.97 Å². The van der Waals surface area contributed by atoms with Crippen LogP contribution in [0.5, 0.6) is 0 Å². The van der Waals surface area contributed by atoms with Crippen LogP contribution in [0.1, 0.15) is 36.9 Å². The van der Waals surface area contributed by atoms with Crippen molar-refractivity contribution >= 4 is 17.8 Å². The molecule has 1 N–H and O–H groups in total. The maximum Gasteiger partial charge on any atom is 0.312 e. The quantitative estimate of drug-likeness (QED) is 0.384. The number of hydrogen-bond acceptors (Lipinski definition) is 6. The molecule has 1 spiro atoms. The van der Waals surface area contributed by atoms with E-state index in [0.717, 1.165) is 5.56 Å². The number of amides is 2. The normalized spacial score (nSPS) is 28.2. The van der Waals surface area contributed by atoms with Crippen LogP contribution in [0.3, 0.4) is 0 Å². The first-order valence-electron chi connectivity index (χ1n) is 13.2. The van der Waals surface area contributed by atoms with E-state index in [1.807, 2.05) is 60.7 Å². The van der Waals surface area contributed by atoms with Gasteiger partial charge in [0.15, 0.2) is 0 Å². The summed E-state index contributed by atoms with van der Waals surface area (Å²) in [6.07, 6.45) is 2.20. The van der Waals surface area contributed by atoms with Gasteiger partial charge in [0.1, 0.15) is 11.6 Å². The van der Waals surface area contributed by atoms with Crippen LogP contribution < -0.4 is 0 Å². The second-order valence-corrected chi connectivity index (χ2v) is 10.2. The van der Waals surface area contributed by atoms with Crippen LogP contribution in [0.15, 0.2) is 73.3 Å². The van der Waals surface area contributed by atoms with Gasteiger partial charge in [0.05, 0.1) is 37.2 Å². The molecule has 0 saturated carbocycles. The number of likely N-dealkylation sites (tertiary alicyclic amines) is 1. The molecule has 2 aromatic carbocycles. The summed E-state index contributed by atoms with van der Waals surface area (Å²) < 4.78 is 11.8. The van der Waals surface area contributed by atoms with Crippen molar-refractivity contribution in [3.05, 3.63) is 84.4 Å². The van der Waals surface area contributed by atoms with Crippen molar-refractivity contribution in [2.24, 2.45) is 11.8 Å². The van der Waals surface area contributed by atoms with Gasteiger partial charge in [0.2, 0.25) is 11.8 Å². The highest BCUT2D eigenvalue weighted by atomic mass is 16.6. The van der Waals surface area contributed by atoms with Crippen molar-refractivity contribution in [2.45, 2.75) is 50.1 Å². The molecule has 3 saturated heterocycles. The zero-order valence-corrected chi connectivity index (χ0v) is 21.6. The Morgan fingerprint density at radius 2 is 1.89 bits per heavy atom. The molecular formula is C30H34N2O6. The summed E-state index contributed by atoms with van der Waals surface area (Å²) >= 11 is 0. The lowest BCUT2D eigenvalue weighted by Crippen LogP contribution is -2.57.